The molecule has 0 saturated heterocycles. The van der Waals surface area contributed by atoms with Gasteiger partial charge >= 0.3 is 5.97 Å². The van der Waals surface area contributed by atoms with E-state index in [0.717, 1.165) is 0 Å². The van der Waals surface area contributed by atoms with Gasteiger partial charge in [0, 0.05) is 16.7 Å². The number of rotatable bonds is 2. The molecule has 0 radical (unpaired) electrons. The molecule has 1 heterocycles. The summed E-state index contributed by atoms with van der Waals surface area (Å²) in [4.78, 5) is 25.9. The summed E-state index contributed by atoms with van der Waals surface area (Å²) in [5, 5.41) is 9.31. The van der Waals surface area contributed by atoms with Crippen molar-refractivity contribution >= 4 is 50.9 Å². The maximum absolute atomic E-state index is 12.1. The first-order chi connectivity index (χ1) is 8.82. The van der Waals surface area contributed by atoms with E-state index in [1.54, 1.807) is 0 Å². The molecular formula is C11H7Cl2NO4S. The standard InChI is InChI=1S/C11H7Cl2NO4S/c1-19(18)10-7(11(16)17)9(15)5-2-4(12)3-6(13)8(5)14-10/h2-3H,1H3,(H,14,15)(H,16,17). The predicted molar refractivity (Wildman–Crippen MR) is 73.9 cm³/mol. The number of nitrogens with one attached hydrogen (secondary N) is 1. The van der Waals surface area contributed by atoms with E-state index in [-0.39, 0.29) is 26.0 Å². The van der Waals surface area contributed by atoms with E-state index in [1.165, 1.54) is 18.4 Å². The summed E-state index contributed by atoms with van der Waals surface area (Å²) in [6, 6.07) is 2.72. The summed E-state index contributed by atoms with van der Waals surface area (Å²) >= 11 is 11.7. The van der Waals surface area contributed by atoms with Crippen molar-refractivity contribution < 1.29 is 14.1 Å². The third-order valence-electron chi connectivity index (χ3n) is 2.49. The predicted octanol–water partition coefficient (Wildman–Crippen LogP) is 2.27. The molecule has 2 N–H and O–H groups in total. The van der Waals surface area contributed by atoms with Crippen LogP contribution >= 0.6 is 23.2 Å². The van der Waals surface area contributed by atoms with Gasteiger partial charge in [-0.15, -0.1) is 0 Å². The van der Waals surface area contributed by atoms with Gasteiger partial charge in [-0.2, -0.15) is 0 Å². The fourth-order valence-corrected chi connectivity index (χ4v) is 2.96. The molecule has 19 heavy (non-hydrogen) atoms. The van der Waals surface area contributed by atoms with Gasteiger partial charge in [0.25, 0.3) is 0 Å². The van der Waals surface area contributed by atoms with Crippen LogP contribution in [0.1, 0.15) is 10.4 Å². The number of carbonyl (C=O) groups is 1. The lowest BCUT2D eigenvalue weighted by molar-refractivity contribution is 0.0691. The summed E-state index contributed by atoms with van der Waals surface area (Å²) in [5.74, 6) is -1.45. The zero-order valence-electron chi connectivity index (χ0n) is 9.49. The molecular weight excluding hydrogens is 313 g/mol. The Balaban J connectivity index is 3.06. The topological polar surface area (TPSA) is 87.2 Å². The van der Waals surface area contributed by atoms with Crippen LogP contribution in [0.4, 0.5) is 0 Å². The number of H-pyrrole nitrogens is 1. The quantitative estimate of drug-likeness (QED) is 0.888. The molecule has 0 aliphatic carbocycles. The largest absolute Gasteiger partial charge is 0.477 e. The van der Waals surface area contributed by atoms with Crippen LogP contribution in [0.2, 0.25) is 10.0 Å². The highest BCUT2D eigenvalue weighted by molar-refractivity contribution is 7.84. The highest BCUT2D eigenvalue weighted by Gasteiger charge is 2.21. The van der Waals surface area contributed by atoms with Crippen molar-refractivity contribution in [2.24, 2.45) is 0 Å². The van der Waals surface area contributed by atoms with Gasteiger partial charge in [0.15, 0.2) is 0 Å². The number of halogens is 2. The number of aromatic amines is 1. The van der Waals surface area contributed by atoms with Gasteiger partial charge in [0.1, 0.15) is 10.6 Å². The zero-order valence-corrected chi connectivity index (χ0v) is 11.8. The molecule has 8 heteroatoms. The average molecular weight is 320 g/mol. The van der Waals surface area contributed by atoms with E-state index in [1.807, 2.05) is 0 Å². The number of pyridine rings is 1. The normalized spacial score (nSPS) is 12.6. The molecule has 1 aromatic heterocycles. The average Bonchev–Trinajstić information content (AvgIpc) is 2.29. The number of aromatic nitrogens is 1. The zero-order chi connectivity index (χ0) is 14.3. The Morgan fingerprint density at radius 2 is 2.00 bits per heavy atom. The molecule has 1 aromatic carbocycles. The molecule has 0 aliphatic heterocycles. The molecule has 0 fully saturated rings. The lowest BCUT2D eigenvalue weighted by Gasteiger charge is -2.07. The van der Waals surface area contributed by atoms with E-state index in [9.17, 15) is 13.8 Å². The SMILES string of the molecule is CS(=O)c1[nH]c2c(Cl)cc(Cl)cc2c(=O)c1C(=O)O. The second-order valence-corrected chi connectivity index (χ2v) is 5.89. The Hall–Kier alpha value is -1.37. The van der Waals surface area contributed by atoms with Gasteiger partial charge in [-0.3, -0.25) is 9.00 Å². The Morgan fingerprint density at radius 3 is 2.53 bits per heavy atom. The summed E-state index contributed by atoms with van der Waals surface area (Å²) < 4.78 is 11.6. The van der Waals surface area contributed by atoms with Crippen molar-refractivity contribution in [2.45, 2.75) is 5.03 Å². The fourth-order valence-electron chi connectivity index (χ4n) is 1.70. The number of carboxylic acid groups (broad SMARTS) is 1. The summed E-state index contributed by atoms with van der Waals surface area (Å²) in [5.41, 5.74) is -1.12. The van der Waals surface area contributed by atoms with Crippen LogP contribution in [-0.4, -0.2) is 26.5 Å². The van der Waals surface area contributed by atoms with Gasteiger partial charge in [-0.1, -0.05) is 23.2 Å². The fraction of sp³-hybridized carbons (Fsp3) is 0.0909. The first-order valence-electron chi connectivity index (χ1n) is 4.94. The second-order valence-electron chi connectivity index (χ2n) is 3.73. The molecule has 2 aromatic rings. The maximum Gasteiger partial charge on any atom is 0.342 e. The van der Waals surface area contributed by atoms with E-state index >= 15 is 0 Å². The van der Waals surface area contributed by atoms with Gasteiger partial charge in [-0.25, -0.2) is 4.79 Å². The van der Waals surface area contributed by atoms with Crippen molar-refractivity contribution in [2.75, 3.05) is 6.26 Å². The summed E-state index contributed by atoms with van der Waals surface area (Å²) in [7, 11) is -1.67. The first-order valence-corrected chi connectivity index (χ1v) is 7.26. The van der Waals surface area contributed by atoms with Crippen molar-refractivity contribution in [1.82, 2.24) is 4.98 Å². The molecule has 5 nitrogen and oxygen atoms in total. The highest BCUT2D eigenvalue weighted by Crippen LogP contribution is 2.26. The number of carboxylic acids is 1. The van der Waals surface area contributed by atoms with Crippen LogP contribution in [-0.2, 0) is 10.8 Å². The second kappa shape index (κ2) is 4.96. The smallest absolute Gasteiger partial charge is 0.342 e. The molecule has 100 valence electrons. The van der Waals surface area contributed by atoms with Crippen LogP contribution < -0.4 is 5.43 Å². The van der Waals surface area contributed by atoms with Crippen LogP contribution in [0.15, 0.2) is 22.0 Å². The number of fused-ring (bicyclic) bond motifs is 1. The molecule has 1 unspecified atom stereocenters. The van der Waals surface area contributed by atoms with Gasteiger partial charge in [-0.05, 0) is 12.1 Å². The van der Waals surface area contributed by atoms with Gasteiger partial charge < -0.3 is 10.1 Å². The molecule has 0 aliphatic rings. The Labute approximate surface area is 119 Å². The number of aromatic carboxylic acids is 1. The minimum atomic E-state index is -1.67. The third kappa shape index (κ3) is 2.39. The van der Waals surface area contributed by atoms with Crippen molar-refractivity contribution in [3.63, 3.8) is 0 Å². The minimum absolute atomic E-state index is 0.0455. The van der Waals surface area contributed by atoms with Crippen molar-refractivity contribution in [3.05, 3.63) is 38.0 Å². The highest BCUT2D eigenvalue weighted by atomic mass is 35.5. The van der Waals surface area contributed by atoms with Crippen LogP contribution in [0.25, 0.3) is 10.9 Å². The molecule has 0 saturated carbocycles. The van der Waals surface area contributed by atoms with E-state index in [2.05, 4.69) is 4.98 Å². The van der Waals surface area contributed by atoms with Gasteiger partial charge in [0.05, 0.1) is 21.3 Å². The minimum Gasteiger partial charge on any atom is -0.477 e. The Kier molecular flexibility index (Phi) is 3.66. The third-order valence-corrected chi connectivity index (χ3v) is 3.89. The first kappa shape index (κ1) is 14.0. The molecule has 0 amide bonds. The molecule has 0 spiro atoms. The number of hydrogen-bond acceptors (Lipinski definition) is 3. The summed E-state index contributed by atoms with van der Waals surface area (Å²) in [6.07, 6.45) is 1.27. The van der Waals surface area contributed by atoms with Crippen LogP contribution in [0, 0.1) is 0 Å². The van der Waals surface area contributed by atoms with Crippen LogP contribution in [0.5, 0.6) is 0 Å². The van der Waals surface area contributed by atoms with Crippen molar-refractivity contribution in [1.29, 1.82) is 0 Å². The molecule has 2 rings (SSSR count). The monoisotopic (exact) mass is 319 g/mol. The molecule has 1 atom stereocenters. The van der Waals surface area contributed by atoms with E-state index in [0.29, 0.717) is 0 Å². The summed E-state index contributed by atoms with van der Waals surface area (Å²) in [6.45, 7) is 0. The molecule has 0 bridgehead atoms. The lowest BCUT2D eigenvalue weighted by atomic mass is 10.1. The Bertz CT molecular complexity index is 784. The Morgan fingerprint density at radius 1 is 1.37 bits per heavy atom. The van der Waals surface area contributed by atoms with Crippen LogP contribution in [0.3, 0.4) is 0 Å². The number of hydrogen-bond donors (Lipinski definition) is 2. The lowest BCUT2D eigenvalue weighted by Crippen LogP contribution is -2.20. The van der Waals surface area contributed by atoms with Crippen molar-refractivity contribution in [3.8, 4) is 0 Å². The van der Waals surface area contributed by atoms with E-state index in [4.69, 9.17) is 28.3 Å². The maximum atomic E-state index is 12.1. The number of benzene rings is 1. The van der Waals surface area contributed by atoms with E-state index < -0.39 is 27.8 Å². The van der Waals surface area contributed by atoms with Gasteiger partial charge in [0.2, 0.25) is 5.43 Å².